The molecule has 2 aliphatic carbocycles. The first-order valence-corrected chi connectivity index (χ1v) is 24.7. The predicted molar refractivity (Wildman–Crippen MR) is 317 cm³/mol. The van der Waals surface area contributed by atoms with E-state index in [-0.39, 0.29) is 303 Å². The zero-order valence-electron chi connectivity index (χ0n) is 47.0. The Bertz CT molecular complexity index is 1640. The van der Waals surface area contributed by atoms with Crippen LogP contribution in [0.15, 0.2) is 48.5 Å². The fourth-order valence-corrected chi connectivity index (χ4v) is 9.64. The second-order valence-electron chi connectivity index (χ2n) is 19.9. The van der Waals surface area contributed by atoms with Crippen LogP contribution >= 0.6 is 0 Å². The van der Waals surface area contributed by atoms with E-state index in [1.165, 1.54) is 40.2 Å². The summed E-state index contributed by atoms with van der Waals surface area (Å²) in [6.07, 6.45) is 7.78. The summed E-state index contributed by atoms with van der Waals surface area (Å²) in [5, 5.41) is 0. The van der Waals surface area contributed by atoms with Gasteiger partial charge in [-0.05, 0) is 85.5 Å². The van der Waals surface area contributed by atoms with Crippen LogP contribution in [0.3, 0.4) is 0 Å². The number of likely N-dealkylation sites (tertiary alicyclic amines) is 2. The van der Waals surface area contributed by atoms with E-state index in [0.29, 0.717) is 29.8 Å². The summed E-state index contributed by atoms with van der Waals surface area (Å²) < 4.78 is 5.59. The van der Waals surface area contributed by atoms with E-state index in [2.05, 4.69) is 80.9 Å². The maximum Gasteiger partial charge on any atom is 0.233 e. The second-order valence-corrected chi connectivity index (χ2v) is 19.9. The van der Waals surface area contributed by atoms with Gasteiger partial charge in [0, 0.05) is 226 Å². The van der Waals surface area contributed by atoms with E-state index in [9.17, 15) is 19.2 Å². The van der Waals surface area contributed by atoms with Crippen molar-refractivity contribution < 1.29 is 220 Å². The molecular formula is C64H124N2O5Y6-2. The smallest absolute Gasteiger partial charge is 0.233 e. The van der Waals surface area contributed by atoms with Gasteiger partial charge >= 0.3 is 0 Å². The average molecular weight is 1540 g/mol. The molecule has 0 spiro atoms. The van der Waals surface area contributed by atoms with Gasteiger partial charge in [0.25, 0.3) is 0 Å². The van der Waals surface area contributed by atoms with E-state index in [1.807, 2.05) is 97.9 Å². The molecule has 5 aliphatic rings. The summed E-state index contributed by atoms with van der Waals surface area (Å²) in [6, 6.07) is 19.2. The average Bonchev–Trinajstić information content (AvgIpc) is 3.92. The number of amides is 4. The summed E-state index contributed by atoms with van der Waals surface area (Å²) in [4.78, 5) is 49.0. The number of hydrogen-bond donors (Lipinski definition) is 0. The van der Waals surface area contributed by atoms with Crippen LogP contribution in [0.4, 0.5) is 0 Å². The van der Waals surface area contributed by atoms with Gasteiger partial charge < -0.3 is 11.2 Å². The summed E-state index contributed by atoms with van der Waals surface area (Å²) in [5.41, 5.74) is 4.27. The number of nitrogens with zero attached hydrogens (tertiary/aromatic N) is 2. The summed E-state index contributed by atoms with van der Waals surface area (Å²) >= 11 is 0. The van der Waals surface area contributed by atoms with E-state index in [1.54, 1.807) is 20.3 Å². The van der Waals surface area contributed by atoms with Gasteiger partial charge in [-0.1, -0.05) is 200 Å². The van der Waals surface area contributed by atoms with Crippen LogP contribution in [0.2, 0.25) is 0 Å². The first kappa shape index (κ1) is 115. The number of imide groups is 2. The molecule has 0 N–H and O–H groups in total. The molecule has 3 aliphatic heterocycles. The molecule has 11 unspecified atom stereocenters. The van der Waals surface area contributed by atoms with E-state index in [0.717, 1.165) is 48.4 Å². The molecule has 5 fully saturated rings. The van der Waals surface area contributed by atoms with Crippen molar-refractivity contribution >= 4 is 23.6 Å². The van der Waals surface area contributed by atoms with E-state index < -0.39 is 0 Å². The summed E-state index contributed by atoms with van der Waals surface area (Å²) in [6.45, 7) is 42.6. The number of carbonyl (C=O) groups excluding carboxylic acids is 4. The van der Waals surface area contributed by atoms with Gasteiger partial charge in [0.2, 0.25) is 23.6 Å². The van der Waals surface area contributed by atoms with Gasteiger partial charge in [0.05, 0.1) is 19.8 Å². The van der Waals surface area contributed by atoms with Gasteiger partial charge in [-0.15, -0.1) is 0 Å². The zero-order valence-corrected chi connectivity index (χ0v) is 64.1. The number of benzene rings is 2. The Morgan fingerprint density at radius 3 is 1.32 bits per heavy atom. The quantitative estimate of drug-likeness (QED) is 0.213. The Balaban J connectivity index is -0.0000000511. The van der Waals surface area contributed by atoms with Crippen LogP contribution in [-0.4, -0.2) is 53.2 Å². The fourth-order valence-electron chi connectivity index (χ4n) is 9.64. The number of fused-ring (bicyclic) bond motifs is 2. The molecular weight excluding hydrogens is 1410 g/mol. The first-order chi connectivity index (χ1) is 29.6. The maximum absolute atomic E-state index is 11.9. The molecule has 6 radical (unpaired) electrons. The van der Waals surface area contributed by atoms with Gasteiger partial charge in [0.1, 0.15) is 0 Å². The molecule has 2 aromatic rings. The number of ether oxygens (including phenoxy) is 1. The fraction of sp³-hybridized carbons (Fsp3) is 0.734. The van der Waals surface area contributed by atoms with Crippen LogP contribution in [0, 0.1) is 83.5 Å². The molecule has 2 saturated carbocycles. The molecule has 440 valence electrons. The number of carbonyl (C=O) groups is 4. The number of hydrogen-bond acceptors (Lipinski definition) is 5. The van der Waals surface area contributed by atoms with Crippen molar-refractivity contribution in [1.82, 2.24) is 9.80 Å². The zero-order chi connectivity index (χ0) is 48.4. The van der Waals surface area contributed by atoms with Crippen LogP contribution in [0.25, 0.3) is 0 Å². The summed E-state index contributed by atoms with van der Waals surface area (Å²) in [7, 11) is 0. The molecule has 7 nitrogen and oxygen atoms in total. The SMILES string of the molecule is C.C.C.C.C.C.C.C.CC.CC.CC1CC2CC1C(C)C2C.CCC1(C)COCC(C)(C)C1.CCN1C(=O)C(C)C(C)C1=O.C[CH-]C(C)c1[c-]cccc1.Cc1ccc(CN2C(=O)C(C)C(C)C2=O)cc1.[Y].[Y].[Y].[Y].[Y].[Y]. The Labute approximate surface area is 634 Å². The van der Waals surface area contributed by atoms with E-state index in [4.69, 9.17) is 4.74 Å². The molecule has 3 saturated heterocycles. The number of rotatable bonds is 6. The predicted octanol–water partition coefficient (Wildman–Crippen LogP) is 18.5. The molecule has 11 atom stereocenters. The van der Waals surface area contributed by atoms with Crippen molar-refractivity contribution in [3.8, 4) is 0 Å². The van der Waals surface area contributed by atoms with Crippen molar-refractivity contribution in [2.24, 2.45) is 64.1 Å². The number of aryl methyl sites for hydroxylation is 1. The Kier molecular flexibility index (Phi) is 87.0. The van der Waals surface area contributed by atoms with Crippen LogP contribution in [0.5, 0.6) is 0 Å². The molecule has 4 amide bonds. The third kappa shape index (κ3) is 36.3. The van der Waals surface area contributed by atoms with Crippen molar-refractivity contribution in [2.45, 2.75) is 229 Å². The largest absolute Gasteiger partial charge is 0.380 e. The minimum Gasteiger partial charge on any atom is -0.380 e. The molecule has 77 heavy (non-hydrogen) atoms. The van der Waals surface area contributed by atoms with Crippen molar-refractivity contribution in [2.75, 3.05) is 19.8 Å². The second kappa shape index (κ2) is 58.3. The summed E-state index contributed by atoms with van der Waals surface area (Å²) in [5.74, 6) is 5.02. The normalized spacial score (nSPS) is 24.8. The molecule has 13 heteroatoms. The van der Waals surface area contributed by atoms with Crippen molar-refractivity contribution in [3.63, 3.8) is 0 Å². The minimum atomic E-state index is -0.187. The Morgan fingerprint density at radius 2 is 1.04 bits per heavy atom. The van der Waals surface area contributed by atoms with Gasteiger partial charge in [-0.3, -0.25) is 29.0 Å². The van der Waals surface area contributed by atoms with Crippen LogP contribution in [-0.2, 0) is 227 Å². The monoisotopic (exact) mass is 1530 g/mol. The van der Waals surface area contributed by atoms with Gasteiger partial charge in [0.15, 0.2) is 0 Å². The van der Waals surface area contributed by atoms with Gasteiger partial charge in [-0.2, -0.15) is 48.7 Å². The van der Waals surface area contributed by atoms with Crippen molar-refractivity contribution in [1.29, 1.82) is 0 Å². The first-order valence-electron chi connectivity index (χ1n) is 24.7. The third-order valence-corrected chi connectivity index (χ3v) is 14.6. The topological polar surface area (TPSA) is 84.0 Å². The minimum absolute atomic E-state index is 0. The molecule has 3 heterocycles. The molecule has 7 rings (SSSR count). The molecule has 2 bridgehead atoms. The van der Waals surface area contributed by atoms with Gasteiger partial charge in [-0.25, -0.2) is 0 Å². The van der Waals surface area contributed by atoms with Crippen molar-refractivity contribution in [3.05, 3.63) is 77.7 Å². The third-order valence-electron chi connectivity index (χ3n) is 14.6. The maximum atomic E-state index is 11.9. The molecule has 2 aromatic carbocycles. The van der Waals surface area contributed by atoms with Crippen LogP contribution in [0.1, 0.15) is 232 Å². The Morgan fingerprint density at radius 1 is 0.623 bits per heavy atom. The standard InChI is InChI=1S/C14H17NO2.C10H20O.C10H18.C10H12.C8H13NO2.2C2H6.8CH4.6Y/c1-9-4-6-12(7-5-9)8-15-13(16)10(2)11(3)14(15)17;1-5-10(4)6-9(2,3)7-11-8-10;1-6-4-9-5-10(6)8(3)7(9)2;1-3-9(2)10-7-5-4-6-8-10;1-4-9-7(10)5(2)6(3)8(9)11;2*1-2;;;;;;;;;;;;;;/h4-7,10-11H,8H2,1-3H3;5-8H2,1-4H3;6-10H,4-5H2,1-3H3;3-7,9H,1-2H3;5-6H,4H2,1-3H3;2*1-2H3;8*1H4;;;;;;/q;;;-2;;;;;;;;;;;;;;;;;. The Hall–Kier alpha value is 3.30. The van der Waals surface area contributed by atoms with E-state index >= 15 is 0 Å². The van der Waals surface area contributed by atoms with Crippen LogP contribution < -0.4 is 0 Å². The molecule has 0 aromatic heterocycles.